The van der Waals surface area contributed by atoms with Gasteiger partial charge in [-0.3, -0.25) is 4.79 Å². The molecular formula is C27H25N3O5. The van der Waals surface area contributed by atoms with Crippen LogP contribution in [0.25, 0.3) is 11.1 Å². The summed E-state index contributed by atoms with van der Waals surface area (Å²) < 4.78 is 5.62. The minimum atomic E-state index is -1.12. The first kappa shape index (κ1) is 22.6. The number of fused-ring (bicyclic) bond motifs is 3. The molecule has 2 atom stereocenters. The van der Waals surface area contributed by atoms with Crippen molar-refractivity contribution in [3.63, 3.8) is 0 Å². The summed E-state index contributed by atoms with van der Waals surface area (Å²) in [7, 11) is 0. The molecule has 1 saturated carbocycles. The minimum Gasteiger partial charge on any atom is -0.477 e. The van der Waals surface area contributed by atoms with Crippen molar-refractivity contribution in [1.29, 1.82) is 0 Å². The molecule has 35 heavy (non-hydrogen) atoms. The minimum absolute atomic E-state index is 0.00335. The second-order valence-corrected chi connectivity index (χ2v) is 8.90. The normalized spacial score (nSPS) is 18.4. The van der Waals surface area contributed by atoms with Gasteiger partial charge >= 0.3 is 12.1 Å². The SMILES string of the molecule is O=C(N[C@@H]1CC[C@H](C(=O)Nc2ccc(C(=O)O)nc2)C1)OCC1c2ccccc2-c2ccccc21. The number of aromatic nitrogens is 1. The molecule has 2 aliphatic carbocycles. The van der Waals surface area contributed by atoms with Crippen molar-refractivity contribution in [3.05, 3.63) is 83.7 Å². The molecule has 3 aromatic rings. The molecule has 8 nitrogen and oxygen atoms in total. The highest BCUT2D eigenvalue weighted by atomic mass is 16.5. The molecule has 1 fully saturated rings. The van der Waals surface area contributed by atoms with Crippen molar-refractivity contribution in [1.82, 2.24) is 10.3 Å². The van der Waals surface area contributed by atoms with E-state index in [1.807, 2.05) is 24.3 Å². The number of hydrogen-bond acceptors (Lipinski definition) is 5. The maximum absolute atomic E-state index is 12.6. The summed E-state index contributed by atoms with van der Waals surface area (Å²) in [5.74, 6) is -1.56. The highest BCUT2D eigenvalue weighted by Gasteiger charge is 2.32. The highest BCUT2D eigenvalue weighted by molar-refractivity contribution is 5.93. The van der Waals surface area contributed by atoms with Crippen LogP contribution in [0.5, 0.6) is 0 Å². The Kier molecular flexibility index (Phi) is 6.18. The van der Waals surface area contributed by atoms with Gasteiger partial charge in [0.2, 0.25) is 5.91 Å². The van der Waals surface area contributed by atoms with Crippen LogP contribution in [0.1, 0.15) is 46.8 Å². The zero-order valence-electron chi connectivity index (χ0n) is 18.9. The third kappa shape index (κ3) is 4.73. The lowest BCUT2D eigenvalue weighted by Crippen LogP contribution is -2.35. The van der Waals surface area contributed by atoms with Crippen molar-refractivity contribution in [2.45, 2.75) is 31.2 Å². The molecule has 0 radical (unpaired) electrons. The Balaban J connectivity index is 1.13. The Morgan fingerprint density at radius 3 is 2.26 bits per heavy atom. The predicted octanol–water partition coefficient (Wildman–Crippen LogP) is 4.43. The molecule has 1 aromatic heterocycles. The molecule has 178 valence electrons. The summed E-state index contributed by atoms with van der Waals surface area (Å²) in [6.07, 6.45) is 2.67. The number of pyridine rings is 1. The Labute approximate surface area is 202 Å². The van der Waals surface area contributed by atoms with Crippen molar-refractivity contribution in [2.75, 3.05) is 11.9 Å². The van der Waals surface area contributed by atoms with Gasteiger partial charge in [0.15, 0.2) is 0 Å². The number of carbonyl (C=O) groups is 3. The number of nitrogens with one attached hydrogen (secondary N) is 2. The van der Waals surface area contributed by atoms with Gasteiger partial charge < -0.3 is 20.5 Å². The van der Waals surface area contributed by atoms with Crippen LogP contribution in [-0.4, -0.2) is 40.7 Å². The fraction of sp³-hybridized carbons (Fsp3) is 0.259. The van der Waals surface area contributed by atoms with Gasteiger partial charge in [-0.05, 0) is 53.6 Å². The van der Waals surface area contributed by atoms with E-state index in [1.165, 1.54) is 29.5 Å². The van der Waals surface area contributed by atoms with E-state index in [2.05, 4.69) is 39.9 Å². The van der Waals surface area contributed by atoms with Crippen LogP contribution >= 0.6 is 0 Å². The smallest absolute Gasteiger partial charge is 0.407 e. The van der Waals surface area contributed by atoms with E-state index in [0.29, 0.717) is 24.9 Å². The van der Waals surface area contributed by atoms with Crippen LogP contribution in [-0.2, 0) is 9.53 Å². The molecular weight excluding hydrogens is 446 g/mol. The largest absolute Gasteiger partial charge is 0.477 e. The molecule has 0 bridgehead atoms. The van der Waals surface area contributed by atoms with Gasteiger partial charge in [0.25, 0.3) is 0 Å². The summed E-state index contributed by atoms with van der Waals surface area (Å²) in [5.41, 5.74) is 5.02. The van der Waals surface area contributed by atoms with Crippen LogP contribution in [0.4, 0.5) is 10.5 Å². The molecule has 2 aliphatic rings. The number of hydrogen-bond donors (Lipinski definition) is 3. The van der Waals surface area contributed by atoms with E-state index in [4.69, 9.17) is 9.84 Å². The zero-order valence-corrected chi connectivity index (χ0v) is 18.9. The van der Waals surface area contributed by atoms with Gasteiger partial charge in [0.1, 0.15) is 12.3 Å². The third-order valence-corrected chi connectivity index (χ3v) is 6.72. The van der Waals surface area contributed by atoms with Crippen molar-refractivity contribution in [3.8, 4) is 11.1 Å². The summed E-state index contributed by atoms with van der Waals surface area (Å²) in [5, 5.41) is 14.6. The second kappa shape index (κ2) is 9.58. The van der Waals surface area contributed by atoms with Gasteiger partial charge in [-0.25, -0.2) is 14.6 Å². The van der Waals surface area contributed by atoms with Gasteiger partial charge in [0, 0.05) is 17.9 Å². The number of anilines is 1. The van der Waals surface area contributed by atoms with Crippen molar-refractivity contribution >= 4 is 23.7 Å². The fourth-order valence-electron chi connectivity index (χ4n) is 5.00. The number of benzene rings is 2. The number of ether oxygens (including phenoxy) is 1. The number of amides is 2. The highest BCUT2D eigenvalue weighted by Crippen LogP contribution is 2.44. The summed E-state index contributed by atoms with van der Waals surface area (Å²) >= 11 is 0. The lowest BCUT2D eigenvalue weighted by molar-refractivity contribution is -0.119. The van der Waals surface area contributed by atoms with E-state index >= 15 is 0 Å². The maximum Gasteiger partial charge on any atom is 0.407 e. The van der Waals surface area contributed by atoms with Gasteiger partial charge in [0.05, 0.1) is 11.9 Å². The third-order valence-electron chi connectivity index (χ3n) is 6.72. The van der Waals surface area contributed by atoms with Crippen LogP contribution in [0.3, 0.4) is 0 Å². The van der Waals surface area contributed by atoms with Gasteiger partial charge in [-0.1, -0.05) is 48.5 Å². The molecule has 0 aliphatic heterocycles. The molecule has 2 amide bonds. The first-order chi connectivity index (χ1) is 17.0. The lowest BCUT2D eigenvalue weighted by atomic mass is 9.98. The molecule has 1 heterocycles. The number of carbonyl (C=O) groups excluding carboxylic acids is 2. The van der Waals surface area contributed by atoms with Crippen molar-refractivity contribution in [2.24, 2.45) is 5.92 Å². The number of nitrogens with zero attached hydrogens (tertiary/aromatic N) is 1. The van der Waals surface area contributed by atoms with Crippen LogP contribution in [0.2, 0.25) is 0 Å². The zero-order chi connectivity index (χ0) is 24.4. The Hall–Kier alpha value is -4.20. The Bertz CT molecular complexity index is 1230. The first-order valence-corrected chi connectivity index (χ1v) is 11.6. The van der Waals surface area contributed by atoms with E-state index < -0.39 is 12.1 Å². The van der Waals surface area contributed by atoms with E-state index in [9.17, 15) is 14.4 Å². The topological polar surface area (TPSA) is 118 Å². The van der Waals surface area contributed by atoms with Crippen LogP contribution in [0, 0.1) is 5.92 Å². The fourth-order valence-corrected chi connectivity index (χ4v) is 5.00. The number of rotatable bonds is 6. The standard InChI is InChI=1S/C27H25N3O5/c31-25(29-18-11-12-24(26(32)33)28-14-18)16-9-10-17(13-16)30-27(34)35-15-23-21-7-3-1-5-19(21)20-6-2-4-8-22(20)23/h1-8,11-12,14,16-17,23H,9-10,13,15H2,(H,29,31)(H,30,34)(H,32,33)/t16-,17+/m0/s1. The number of aromatic carboxylic acids is 1. The molecule has 8 heteroatoms. The Morgan fingerprint density at radius 2 is 1.63 bits per heavy atom. The summed E-state index contributed by atoms with van der Waals surface area (Å²) in [6, 6.07) is 19.1. The molecule has 3 N–H and O–H groups in total. The van der Waals surface area contributed by atoms with Gasteiger partial charge in [-0.2, -0.15) is 0 Å². The monoisotopic (exact) mass is 471 g/mol. The van der Waals surface area contributed by atoms with Crippen molar-refractivity contribution < 1.29 is 24.2 Å². The predicted molar refractivity (Wildman–Crippen MR) is 129 cm³/mol. The lowest BCUT2D eigenvalue weighted by Gasteiger charge is -2.17. The summed E-state index contributed by atoms with van der Waals surface area (Å²) in [6.45, 7) is 0.246. The molecule has 0 unspecified atom stereocenters. The van der Waals surface area contributed by atoms with Crippen LogP contribution < -0.4 is 10.6 Å². The molecule has 2 aromatic carbocycles. The van der Waals surface area contributed by atoms with Gasteiger partial charge in [-0.15, -0.1) is 0 Å². The second-order valence-electron chi connectivity index (χ2n) is 8.90. The molecule has 5 rings (SSSR count). The summed E-state index contributed by atoms with van der Waals surface area (Å²) in [4.78, 5) is 39.9. The Morgan fingerprint density at radius 1 is 0.943 bits per heavy atom. The van der Waals surface area contributed by atoms with E-state index in [0.717, 1.165) is 11.1 Å². The quantitative estimate of drug-likeness (QED) is 0.490. The van der Waals surface area contributed by atoms with E-state index in [1.54, 1.807) is 0 Å². The molecule has 0 saturated heterocycles. The van der Waals surface area contributed by atoms with E-state index in [-0.39, 0.29) is 36.1 Å². The average molecular weight is 472 g/mol. The number of carboxylic acid groups (broad SMARTS) is 1. The maximum atomic E-state index is 12.6. The first-order valence-electron chi connectivity index (χ1n) is 11.6. The number of carboxylic acids is 1. The number of alkyl carbamates (subject to hydrolysis) is 1. The van der Waals surface area contributed by atoms with Crippen LogP contribution in [0.15, 0.2) is 66.9 Å². The molecule has 0 spiro atoms. The average Bonchev–Trinajstić information content (AvgIpc) is 3.46.